The summed E-state index contributed by atoms with van der Waals surface area (Å²) in [6, 6.07) is 0. The number of nitrogens with two attached hydrogens (primary N) is 1. The Morgan fingerprint density at radius 2 is 2.10 bits per heavy atom. The molecular weight excluding hydrogens is 270 g/mol. The minimum absolute atomic E-state index is 0.174. The van der Waals surface area contributed by atoms with Crippen molar-refractivity contribution < 1.29 is 4.74 Å². The standard InChI is InChI=1S/C13H19N7O/c1-9-3-5-19(7-10(9)21-2)12-16-11(14)17-13(18-12)20-6-4-15-8-20/h4,6,8-10H,3,5,7H2,1-2H3,(H2,14,16,17,18). The van der Waals surface area contributed by atoms with Gasteiger partial charge in [0.2, 0.25) is 17.8 Å². The van der Waals surface area contributed by atoms with Crippen LogP contribution >= 0.6 is 0 Å². The monoisotopic (exact) mass is 289 g/mol. The highest BCUT2D eigenvalue weighted by molar-refractivity contribution is 5.38. The normalized spacial score (nSPS) is 22.5. The maximum absolute atomic E-state index is 5.81. The van der Waals surface area contributed by atoms with Gasteiger partial charge in [0.1, 0.15) is 6.33 Å². The molecule has 1 aliphatic heterocycles. The first-order chi connectivity index (χ1) is 10.2. The molecule has 1 fully saturated rings. The third-order valence-corrected chi connectivity index (χ3v) is 3.84. The number of nitrogen functional groups attached to an aromatic ring is 1. The van der Waals surface area contributed by atoms with Crippen molar-refractivity contribution in [3.8, 4) is 5.95 Å². The first-order valence-electron chi connectivity index (χ1n) is 6.95. The van der Waals surface area contributed by atoms with Gasteiger partial charge in [-0.3, -0.25) is 4.57 Å². The van der Waals surface area contributed by atoms with Gasteiger partial charge < -0.3 is 15.4 Å². The van der Waals surface area contributed by atoms with Crippen LogP contribution in [0.4, 0.5) is 11.9 Å². The number of nitrogens with zero attached hydrogens (tertiary/aromatic N) is 6. The van der Waals surface area contributed by atoms with E-state index < -0.39 is 0 Å². The molecule has 0 bridgehead atoms. The van der Waals surface area contributed by atoms with E-state index in [9.17, 15) is 0 Å². The average molecular weight is 289 g/mol. The third-order valence-electron chi connectivity index (χ3n) is 3.84. The first-order valence-corrected chi connectivity index (χ1v) is 6.95. The second-order valence-electron chi connectivity index (χ2n) is 5.25. The van der Waals surface area contributed by atoms with Crippen LogP contribution in [-0.2, 0) is 4.74 Å². The Labute approximate surface area is 123 Å². The fraction of sp³-hybridized carbons (Fsp3) is 0.538. The lowest BCUT2D eigenvalue weighted by Gasteiger charge is -2.36. The van der Waals surface area contributed by atoms with Crippen molar-refractivity contribution >= 4 is 11.9 Å². The number of methoxy groups -OCH3 is 1. The molecule has 0 aliphatic carbocycles. The summed E-state index contributed by atoms with van der Waals surface area (Å²) >= 11 is 0. The molecule has 2 N–H and O–H groups in total. The van der Waals surface area contributed by atoms with Gasteiger partial charge >= 0.3 is 0 Å². The maximum Gasteiger partial charge on any atom is 0.241 e. The minimum atomic E-state index is 0.174. The van der Waals surface area contributed by atoms with Crippen molar-refractivity contribution in [2.75, 3.05) is 30.8 Å². The predicted octanol–water partition coefficient (Wildman–Crippen LogP) is 0.501. The Balaban J connectivity index is 1.88. The van der Waals surface area contributed by atoms with Crippen LogP contribution in [0.5, 0.6) is 0 Å². The molecular formula is C13H19N7O. The van der Waals surface area contributed by atoms with Gasteiger partial charge in [-0.15, -0.1) is 0 Å². The van der Waals surface area contributed by atoms with Crippen LogP contribution in [0.1, 0.15) is 13.3 Å². The highest BCUT2D eigenvalue weighted by Gasteiger charge is 2.28. The van der Waals surface area contributed by atoms with E-state index in [1.54, 1.807) is 30.4 Å². The molecule has 2 atom stereocenters. The highest BCUT2D eigenvalue weighted by atomic mass is 16.5. The van der Waals surface area contributed by atoms with Gasteiger partial charge in [0.15, 0.2) is 0 Å². The fourth-order valence-electron chi connectivity index (χ4n) is 2.53. The topological polar surface area (TPSA) is 95.0 Å². The number of aromatic nitrogens is 5. The summed E-state index contributed by atoms with van der Waals surface area (Å²) in [6.45, 7) is 3.84. The summed E-state index contributed by atoms with van der Waals surface area (Å²) in [5.74, 6) is 1.79. The number of hydrogen-bond donors (Lipinski definition) is 1. The first kappa shape index (κ1) is 13.7. The van der Waals surface area contributed by atoms with E-state index in [1.807, 2.05) is 0 Å². The predicted molar refractivity (Wildman–Crippen MR) is 78.2 cm³/mol. The molecule has 3 rings (SSSR count). The molecule has 2 aromatic heterocycles. The van der Waals surface area contributed by atoms with Crippen LogP contribution in [0.25, 0.3) is 5.95 Å². The number of rotatable bonds is 3. The SMILES string of the molecule is COC1CN(c2nc(N)nc(-n3ccnc3)n2)CCC1C. The number of ether oxygens (including phenoxy) is 1. The molecule has 0 saturated carbocycles. The van der Waals surface area contributed by atoms with Gasteiger partial charge in [0.25, 0.3) is 0 Å². The molecule has 0 amide bonds. The molecule has 3 heterocycles. The second-order valence-corrected chi connectivity index (χ2v) is 5.25. The number of anilines is 2. The molecule has 0 radical (unpaired) electrons. The van der Waals surface area contributed by atoms with Crippen LogP contribution in [-0.4, -0.2) is 50.8 Å². The maximum atomic E-state index is 5.81. The lowest BCUT2D eigenvalue weighted by molar-refractivity contribution is 0.0494. The average Bonchev–Trinajstić information content (AvgIpc) is 3.01. The molecule has 1 aliphatic rings. The zero-order chi connectivity index (χ0) is 14.8. The Morgan fingerprint density at radius 3 is 2.81 bits per heavy atom. The lowest BCUT2D eigenvalue weighted by atomic mass is 9.96. The molecule has 2 aromatic rings. The third kappa shape index (κ3) is 2.80. The van der Waals surface area contributed by atoms with Crippen molar-refractivity contribution in [2.24, 2.45) is 5.92 Å². The van der Waals surface area contributed by atoms with Crippen LogP contribution in [0, 0.1) is 5.92 Å². The Kier molecular flexibility index (Phi) is 3.70. The Morgan fingerprint density at radius 1 is 1.29 bits per heavy atom. The van der Waals surface area contributed by atoms with Gasteiger partial charge in [0.05, 0.1) is 6.10 Å². The van der Waals surface area contributed by atoms with Crippen molar-refractivity contribution in [3.63, 3.8) is 0 Å². The smallest absolute Gasteiger partial charge is 0.241 e. The molecule has 0 spiro atoms. The number of hydrogen-bond acceptors (Lipinski definition) is 7. The minimum Gasteiger partial charge on any atom is -0.379 e. The van der Waals surface area contributed by atoms with Gasteiger partial charge in [-0.2, -0.15) is 15.0 Å². The van der Waals surface area contributed by atoms with E-state index in [0.29, 0.717) is 17.8 Å². The summed E-state index contributed by atoms with van der Waals surface area (Å²) in [4.78, 5) is 19.0. The van der Waals surface area contributed by atoms with Crippen LogP contribution in [0.3, 0.4) is 0 Å². The molecule has 112 valence electrons. The lowest BCUT2D eigenvalue weighted by Crippen LogP contribution is -2.44. The zero-order valence-corrected chi connectivity index (χ0v) is 12.2. The molecule has 8 heteroatoms. The van der Waals surface area contributed by atoms with E-state index in [4.69, 9.17) is 10.5 Å². The summed E-state index contributed by atoms with van der Waals surface area (Å²) < 4.78 is 7.24. The van der Waals surface area contributed by atoms with E-state index in [2.05, 4.69) is 31.8 Å². The van der Waals surface area contributed by atoms with Crippen LogP contribution < -0.4 is 10.6 Å². The molecule has 2 unspecified atom stereocenters. The van der Waals surface area contributed by atoms with E-state index in [1.165, 1.54) is 0 Å². The van der Waals surface area contributed by atoms with Crippen LogP contribution in [0.2, 0.25) is 0 Å². The molecule has 1 saturated heterocycles. The summed E-state index contributed by atoms with van der Waals surface area (Å²) in [6.07, 6.45) is 6.28. The summed E-state index contributed by atoms with van der Waals surface area (Å²) in [5, 5.41) is 0. The van der Waals surface area contributed by atoms with Crippen molar-refractivity contribution in [1.82, 2.24) is 24.5 Å². The Bertz CT molecular complexity index is 601. The van der Waals surface area contributed by atoms with Gasteiger partial charge in [-0.1, -0.05) is 6.92 Å². The van der Waals surface area contributed by atoms with Crippen molar-refractivity contribution in [1.29, 1.82) is 0 Å². The van der Waals surface area contributed by atoms with Crippen LogP contribution in [0.15, 0.2) is 18.7 Å². The highest BCUT2D eigenvalue weighted by Crippen LogP contribution is 2.23. The van der Waals surface area contributed by atoms with E-state index >= 15 is 0 Å². The second kappa shape index (κ2) is 5.65. The Hall–Kier alpha value is -2.22. The van der Waals surface area contributed by atoms with E-state index in [0.717, 1.165) is 19.5 Å². The molecule has 8 nitrogen and oxygen atoms in total. The largest absolute Gasteiger partial charge is 0.379 e. The summed E-state index contributed by atoms with van der Waals surface area (Å²) in [7, 11) is 1.74. The van der Waals surface area contributed by atoms with Gasteiger partial charge in [0, 0.05) is 32.6 Å². The quantitative estimate of drug-likeness (QED) is 0.879. The molecule has 0 aromatic carbocycles. The van der Waals surface area contributed by atoms with Crippen molar-refractivity contribution in [3.05, 3.63) is 18.7 Å². The van der Waals surface area contributed by atoms with Gasteiger partial charge in [-0.25, -0.2) is 4.98 Å². The number of imidazole rings is 1. The van der Waals surface area contributed by atoms with Crippen molar-refractivity contribution in [2.45, 2.75) is 19.4 Å². The molecule has 21 heavy (non-hydrogen) atoms. The van der Waals surface area contributed by atoms with Gasteiger partial charge in [-0.05, 0) is 12.3 Å². The fourth-order valence-corrected chi connectivity index (χ4v) is 2.53. The summed E-state index contributed by atoms with van der Waals surface area (Å²) in [5.41, 5.74) is 5.81. The van der Waals surface area contributed by atoms with E-state index in [-0.39, 0.29) is 12.1 Å². The zero-order valence-electron chi connectivity index (χ0n) is 12.2. The number of piperidine rings is 1.